The average Bonchev–Trinajstić information content (AvgIpc) is 2.56. The molecule has 0 aromatic heterocycles. The first-order chi connectivity index (χ1) is 11.1. The van der Waals surface area contributed by atoms with Gasteiger partial charge in [0.15, 0.2) is 0 Å². The molecule has 0 saturated heterocycles. The fourth-order valence-corrected chi connectivity index (χ4v) is 2.41. The van der Waals surface area contributed by atoms with E-state index < -0.39 is 5.97 Å². The van der Waals surface area contributed by atoms with E-state index in [1.165, 1.54) is 11.6 Å². The molecule has 4 nitrogen and oxygen atoms in total. The second-order valence-corrected chi connectivity index (χ2v) is 5.59. The van der Waals surface area contributed by atoms with Gasteiger partial charge in [0.25, 0.3) is 0 Å². The highest BCUT2D eigenvalue weighted by Gasteiger charge is 2.11. The van der Waals surface area contributed by atoms with Crippen LogP contribution >= 0.6 is 0 Å². The van der Waals surface area contributed by atoms with Crippen LogP contribution in [0.15, 0.2) is 54.6 Å². The van der Waals surface area contributed by atoms with Gasteiger partial charge >= 0.3 is 5.97 Å². The van der Waals surface area contributed by atoms with Gasteiger partial charge < -0.3 is 10.0 Å². The predicted molar refractivity (Wildman–Crippen MR) is 89.5 cm³/mol. The van der Waals surface area contributed by atoms with E-state index in [2.05, 4.69) is 12.1 Å². The van der Waals surface area contributed by atoms with Crippen molar-refractivity contribution in [1.29, 1.82) is 0 Å². The van der Waals surface area contributed by atoms with Crippen LogP contribution in [0.25, 0.3) is 0 Å². The van der Waals surface area contributed by atoms with Crippen LogP contribution in [0.3, 0.4) is 0 Å². The Kier molecular flexibility index (Phi) is 5.92. The Morgan fingerprint density at radius 1 is 1.00 bits per heavy atom. The Bertz CT molecular complexity index is 667. The van der Waals surface area contributed by atoms with Gasteiger partial charge in [-0.2, -0.15) is 0 Å². The lowest BCUT2D eigenvalue weighted by atomic mass is 10.1. The molecule has 0 fully saturated rings. The molecular formula is C19H21NO3. The molecule has 0 heterocycles. The molecule has 0 radical (unpaired) electrons. The van der Waals surface area contributed by atoms with E-state index in [4.69, 9.17) is 5.11 Å². The zero-order valence-electron chi connectivity index (χ0n) is 13.2. The summed E-state index contributed by atoms with van der Waals surface area (Å²) in [6.07, 6.45) is 2.07. The van der Waals surface area contributed by atoms with Crippen molar-refractivity contribution in [3.8, 4) is 0 Å². The number of aryl methyl sites for hydroxylation is 1. The number of carboxylic acid groups (broad SMARTS) is 1. The molecule has 0 atom stereocenters. The van der Waals surface area contributed by atoms with E-state index in [0.29, 0.717) is 6.54 Å². The lowest BCUT2D eigenvalue weighted by molar-refractivity contribution is -0.129. The number of carboxylic acids is 1. The van der Waals surface area contributed by atoms with Gasteiger partial charge in [-0.3, -0.25) is 4.79 Å². The van der Waals surface area contributed by atoms with Crippen molar-refractivity contribution in [3.63, 3.8) is 0 Å². The summed E-state index contributed by atoms with van der Waals surface area (Å²) in [7, 11) is 1.79. The van der Waals surface area contributed by atoms with E-state index >= 15 is 0 Å². The van der Waals surface area contributed by atoms with E-state index in [1.54, 1.807) is 30.1 Å². The predicted octanol–water partition coefficient (Wildman–Crippen LogP) is 3.02. The Morgan fingerprint density at radius 3 is 2.39 bits per heavy atom. The van der Waals surface area contributed by atoms with Crippen LogP contribution in [-0.2, 0) is 17.6 Å². The summed E-state index contributed by atoms with van der Waals surface area (Å²) in [5, 5.41) is 8.98. The number of rotatable bonds is 7. The van der Waals surface area contributed by atoms with Gasteiger partial charge in [-0.15, -0.1) is 0 Å². The first-order valence-electron chi connectivity index (χ1n) is 7.66. The van der Waals surface area contributed by atoms with Gasteiger partial charge in [0.05, 0.1) is 12.0 Å². The van der Waals surface area contributed by atoms with Crippen LogP contribution in [0.5, 0.6) is 0 Å². The third-order valence-electron chi connectivity index (χ3n) is 3.76. The van der Waals surface area contributed by atoms with Crippen LogP contribution in [-0.4, -0.2) is 35.5 Å². The molecule has 0 saturated carbocycles. The Labute approximate surface area is 136 Å². The van der Waals surface area contributed by atoms with Gasteiger partial charge in [-0.1, -0.05) is 42.5 Å². The molecule has 0 spiro atoms. The van der Waals surface area contributed by atoms with Crippen molar-refractivity contribution >= 4 is 11.9 Å². The van der Waals surface area contributed by atoms with Gasteiger partial charge in [0.2, 0.25) is 5.91 Å². The number of aromatic carboxylic acids is 1. The highest BCUT2D eigenvalue weighted by atomic mass is 16.4. The fraction of sp³-hybridized carbons (Fsp3) is 0.263. The molecule has 2 aromatic carbocycles. The first-order valence-corrected chi connectivity index (χ1v) is 7.66. The third kappa shape index (κ3) is 5.25. The molecular weight excluding hydrogens is 290 g/mol. The first kappa shape index (κ1) is 16.7. The van der Waals surface area contributed by atoms with E-state index in [1.807, 2.05) is 18.2 Å². The smallest absolute Gasteiger partial charge is 0.335 e. The third-order valence-corrected chi connectivity index (χ3v) is 3.76. The lowest BCUT2D eigenvalue weighted by Gasteiger charge is -2.17. The number of hydrogen-bond acceptors (Lipinski definition) is 2. The topological polar surface area (TPSA) is 57.6 Å². The van der Waals surface area contributed by atoms with Crippen molar-refractivity contribution in [1.82, 2.24) is 4.90 Å². The van der Waals surface area contributed by atoms with Crippen molar-refractivity contribution in [3.05, 3.63) is 71.3 Å². The lowest BCUT2D eigenvalue weighted by Crippen LogP contribution is -2.29. The quantitative estimate of drug-likeness (QED) is 0.855. The van der Waals surface area contributed by atoms with Crippen LogP contribution in [0.4, 0.5) is 0 Å². The summed E-state index contributed by atoms with van der Waals surface area (Å²) >= 11 is 0. The van der Waals surface area contributed by atoms with E-state index in [0.717, 1.165) is 18.4 Å². The van der Waals surface area contributed by atoms with Gasteiger partial charge in [-0.25, -0.2) is 4.79 Å². The largest absolute Gasteiger partial charge is 0.478 e. The summed E-state index contributed by atoms with van der Waals surface area (Å²) in [4.78, 5) is 24.9. The maximum absolute atomic E-state index is 12.2. The number of carbonyl (C=O) groups is 2. The summed E-state index contributed by atoms with van der Waals surface area (Å²) in [5.74, 6) is -0.976. The second-order valence-electron chi connectivity index (χ2n) is 5.59. The molecule has 0 unspecified atom stereocenters. The zero-order chi connectivity index (χ0) is 16.7. The molecule has 120 valence electrons. The summed E-state index contributed by atoms with van der Waals surface area (Å²) in [6.45, 7) is 0.687. The Hall–Kier alpha value is -2.62. The minimum atomic E-state index is -0.976. The molecule has 0 aliphatic rings. The summed E-state index contributed by atoms with van der Waals surface area (Å²) in [6, 6.07) is 16.7. The highest BCUT2D eigenvalue weighted by Crippen LogP contribution is 2.08. The number of hydrogen-bond donors (Lipinski definition) is 1. The number of nitrogens with zero attached hydrogens (tertiary/aromatic N) is 1. The van der Waals surface area contributed by atoms with E-state index in [9.17, 15) is 9.59 Å². The SMILES string of the molecule is CN(CCCc1ccccc1)C(=O)Cc1cccc(C(=O)O)c1. The van der Waals surface area contributed by atoms with Crippen LogP contribution in [0, 0.1) is 0 Å². The fourth-order valence-electron chi connectivity index (χ4n) is 2.41. The normalized spacial score (nSPS) is 10.3. The van der Waals surface area contributed by atoms with E-state index in [-0.39, 0.29) is 17.9 Å². The molecule has 1 amide bonds. The van der Waals surface area contributed by atoms with Gasteiger partial charge in [0, 0.05) is 13.6 Å². The Morgan fingerprint density at radius 2 is 1.70 bits per heavy atom. The van der Waals surface area contributed by atoms with Crippen LogP contribution < -0.4 is 0 Å². The van der Waals surface area contributed by atoms with Crippen LogP contribution in [0.1, 0.15) is 27.9 Å². The summed E-state index contributed by atoms with van der Waals surface area (Å²) in [5.41, 5.74) is 2.20. The molecule has 2 rings (SSSR count). The maximum Gasteiger partial charge on any atom is 0.335 e. The molecule has 2 aromatic rings. The minimum Gasteiger partial charge on any atom is -0.478 e. The number of likely N-dealkylation sites (N-methyl/N-ethyl adjacent to an activating group) is 1. The van der Waals surface area contributed by atoms with Crippen molar-refractivity contribution in [2.75, 3.05) is 13.6 Å². The van der Waals surface area contributed by atoms with Gasteiger partial charge in [0.1, 0.15) is 0 Å². The monoisotopic (exact) mass is 311 g/mol. The highest BCUT2D eigenvalue weighted by molar-refractivity contribution is 5.88. The minimum absolute atomic E-state index is 0.000556. The van der Waals surface area contributed by atoms with Gasteiger partial charge in [-0.05, 0) is 36.1 Å². The van der Waals surface area contributed by atoms with Crippen molar-refractivity contribution in [2.24, 2.45) is 0 Å². The molecule has 0 aliphatic heterocycles. The molecule has 23 heavy (non-hydrogen) atoms. The summed E-state index contributed by atoms with van der Waals surface area (Å²) < 4.78 is 0. The number of amides is 1. The average molecular weight is 311 g/mol. The molecule has 1 N–H and O–H groups in total. The second kappa shape index (κ2) is 8.13. The van der Waals surface area contributed by atoms with Crippen LogP contribution in [0.2, 0.25) is 0 Å². The number of carbonyl (C=O) groups excluding carboxylic acids is 1. The Balaban J connectivity index is 1.83. The zero-order valence-corrected chi connectivity index (χ0v) is 13.2. The number of benzene rings is 2. The van der Waals surface area contributed by atoms with Crippen molar-refractivity contribution < 1.29 is 14.7 Å². The maximum atomic E-state index is 12.2. The molecule has 4 heteroatoms. The standard InChI is InChI=1S/C19H21NO3/c1-20(12-6-10-15-7-3-2-4-8-15)18(21)14-16-9-5-11-17(13-16)19(22)23/h2-5,7-9,11,13H,6,10,12,14H2,1H3,(H,22,23). The van der Waals surface area contributed by atoms with Crippen molar-refractivity contribution in [2.45, 2.75) is 19.3 Å². The molecule has 0 aliphatic carbocycles. The molecule has 0 bridgehead atoms.